The summed E-state index contributed by atoms with van der Waals surface area (Å²) in [7, 11) is -3.49. The van der Waals surface area contributed by atoms with Crippen LogP contribution in [-0.4, -0.2) is 45.5 Å². The third-order valence-corrected chi connectivity index (χ3v) is 5.04. The first-order chi connectivity index (χ1) is 11.9. The summed E-state index contributed by atoms with van der Waals surface area (Å²) < 4.78 is 24.5. The summed E-state index contributed by atoms with van der Waals surface area (Å²) in [5.74, 6) is 0.753. The van der Waals surface area contributed by atoms with Gasteiger partial charge >= 0.3 is 0 Å². The molecule has 0 radical (unpaired) electrons. The van der Waals surface area contributed by atoms with E-state index in [1.165, 1.54) is 6.07 Å². The van der Waals surface area contributed by atoms with Crippen molar-refractivity contribution in [2.45, 2.75) is 4.90 Å². The second kappa shape index (κ2) is 5.38. The lowest BCUT2D eigenvalue weighted by Crippen LogP contribution is -2.02. The maximum Gasteiger partial charge on any atom is 0.181 e. The summed E-state index contributed by atoms with van der Waals surface area (Å²) in [5, 5.41) is 21.3. The van der Waals surface area contributed by atoms with Crippen molar-refractivity contribution < 1.29 is 8.42 Å². The number of benzene rings is 2. The van der Waals surface area contributed by atoms with Gasteiger partial charge < -0.3 is 5.73 Å². The van der Waals surface area contributed by atoms with Gasteiger partial charge in [-0.1, -0.05) is 18.2 Å². The molecule has 0 atom stereocenters. The molecular formula is C15H13N7O2S. The number of anilines is 1. The molecule has 0 saturated heterocycles. The third kappa shape index (κ3) is 2.52. The summed E-state index contributed by atoms with van der Waals surface area (Å²) in [6.45, 7) is 0. The fraction of sp³-hybridized carbons (Fsp3) is 0.0667. The molecule has 0 aliphatic heterocycles. The zero-order valence-electron chi connectivity index (χ0n) is 13.1. The van der Waals surface area contributed by atoms with E-state index in [0.717, 1.165) is 17.2 Å². The number of hydrogen-bond donors (Lipinski definition) is 3. The second-order valence-corrected chi connectivity index (χ2v) is 7.55. The Morgan fingerprint density at radius 1 is 1.12 bits per heavy atom. The maximum atomic E-state index is 12.2. The lowest BCUT2D eigenvalue weighted by Gasteiger charge is -2.11. The predicted molar refractivity (Wildman–Crippen MR) is 92.2 cm³/mol. The van der Waals surface area contributed by atoms with Crippen LogP contribution in [0.2, 0.25) is 0 Å². The SMILES string of the molecule is CS(=O)(=O)c1cccc(-c2ccc3c(N)[nH]nc3c2)c1-c1nnn[nH]1. The van der Waals surface area contributed by atoms with Crippen LogP contribution in [0.3, 0.4) is 0 Å². The molecule has 4 rings (SSSR count). The quantitative estimate of drug-likeness (QED) is 0.504. The summed E-state index contributed by atoms with van der Waals surface area (Å²) >= 11 is 0. The van der Waals surface area contributed by atoms with Gasteiger partial charge in [0.05, 0.1) is 10.4 Å². The topological polar surface area (TPSA) is 143 Å². The number of sulfone groups is 1. The van der Waals surface area contributed by atoms with Crippen LogP contribution in [-0.2, 0) is 9.84 Å². The number of nitrogens with two attached hydrogens (primary N) is 1. The number of aromatic nitrogens is 6. The minimum Gasteiger partial charge on any atom is -0.384 e. The van der Waals surface area contributed by atoms with Gasteiger partial charge in [-0.05, 0) is 39.8 Å². The molecule has 10 heteroatoms. The minimum atomic E-state index is -3.49. The normalized spacial score (nSPS) is 11.9. The largest absolute Gasteiger partial charge is 0.384 e. The average Bonchev–Trinajstić information content (AvgIpc) is 3.23. The van der Waals surface area contributed by atoms with E-state index in [1.54, 1.807) is 6.07 Å². The second-order valence-electron chi connectivity index (χ2n) is 5.57. The van der Waals surface area contributed by atoms with Crippen molar-refractivity contribution in [2.75, 3.05) is 12.0 Å². The smallest absolute Gasteiger partial charge is 0.181 e. The molecule has 0 amide bonds. The van der Waals surface area contributed by atoms with Gasteiger partial charge in [0.1, 0.15) is 5.82 Å². The number of H-pyrrole nitrogens is 2. The van der Waals surface area contributed by atoms with E-state index in [2.05, 4.69) is 30.8 Å². The fourth-order valence-corrected chi connectivity index (χ4v) is 3.69. The summed E-state index contributed by atoms with van der Waals surface area (Å²) in [5.41, 5.74) is 8.37. The highest BCUT2D eigenvalue weighted by molar-refractivity contribution is 7.90. The van der Waals surface area contributed by atoms with Crippen LogP contribution in [0, 0.1) is 0 Å². The van der Waals surface area contributed by atoms with E-state index in [0.29, 0.717) is 22.5 Å². The molecule has 25 heavy (non-hydrogen) atoms. The lowest BCUT2D eigenvalue weighted by atomic mass is 9.98. The maximum absolute atomic E-state index is 12.2. The van der Waals surface area contributed by atoms with E-state index in [-0.39, 0.29) is 10.7 Å². The molecule has 0 aliphatic carbocycles. The summed E-state index contributed by atoms with van der Waals surface area (Å²) in [4.78, 5) is 0.144. The van der Waals surface area contributed by atoms with Crippen molar-refractivity contribution in [3.8, 4) is 22.5 Å². The number of tetrazole rings is 1. The van der Waals surface area contributed by atoms with Crippen molar-refractivity contribution in [3.63, 3.8) is 0 Å². The molecule has 4 N–H and O–H groups in total. The first-order valence-corrected chi connectivity index (χ1v) is 9.15. The molecule has 126 valence electrons. The van der Waals surface area contributed by atoms with E-state index in [1.807, 2.05) is 24.3 Å². The van der Waals surface area contributed by atoms with Gasteiger partial charge in [-0.25, -0.2) is 13.5 Å². The Morgan fingerprint density at radius 2 is 1.96 bits per heavy atom. The van der Waals surface area contributed by atoms with E-state index in [9.17, 15) is 8.42 Å². The number of aromatic amines is 2. The molecule has 0 unspecified atom stereocenters. The highest BCUT2D eigenvalue weighted by Crippen LogP contribution is 2.36. The van der Waals surface area contributed by atoms with Crippen LogP contribution in [0.25, 0.3) is 33.4 Å². The molecule has 0 fully saturated rings. The van der Waals surface area contributed by atoms with Crippen LogP contribution < -0.4 is 5.73 Å². The third-order valence-electron chi connectivity index (χ3n) is 3.90. The fourth-order valence-electron chi connectivity index (χ4n) is 2.79. The lowest BCUT2D eigenvalue weighted by molar-refractivity contribution is 0.602. The minimum absolute atomic E-state index is 0.144. The number of nitrogens with zero attached hydrogens (tertiary/aromatic N) is 4. The molecule has 2 heterocycles. The van der Waals surface area contributed by atoms with Crippen LogP contribution in [0.1, 0.15) is 0 Å². The Bertz CT molecular complexity index is 1180. The van der Waals surface area contributed by atoms with Crippen molar-refractivity contribution >= 4 is 26.6 Å². The van der Waals surface area contributed by atoms with Crippen LogP contribution in [0.4, 0.5) is 5.82 Å². The van der Waals surface area contributed by atoms with Gasteiger partial charge in [-0.2, -0.15) is 5.10 Å². The molecule has 0 bridgehead atoms. The highest BCUT2D eigenvalue weighted by Gasteiger charge is 2.21. The monoisotopic (exact) mass is 355 g/mol. The Hall–Kier alpha value is -3.27. The van der Waals surface area contributed by atoms with Crippen molar-refractivity contribution in [2.24, 2.45) is 0 Å². The molecule has 0 saturated carbocycles. The van der Waals surface area contributed by atoms with Gasteiger partial charge in [-0.3, -0.25) is 5.10 Å². The van der Waals surface area contributed by atoms with E-state index < -0.39 is 9.84 Å². The number of hydrogen-bond acceptors (Lipinski definition) is 7. The highest BCUT2D eigenvalue weighted by atomic mass is 32.2. The van der Waals surface area contributed by atoms with Gasteiger partial charge in [0.25, 0.3) is 0 Å². The Balaban J connectivity index is 2.03. The standard InChI is InChI=1S/C15H13N7O2S/c1-25(23,24)12-4-2-3-9(13(12)15-19-21-22-20-15)8-5-6-10-11(7-8)17-18-14(10)16/h2-7H,1H3,(H3,16,17,18)(H,19,20,21,22). The molecule has 0 spiro atoms. The van der Waals surface area contributed by atoms with Gasteiger partial charge in [0.15, 0.2) is 15.7 Å². The zero-order chi connectivity index (χ0) is 17.6. The number of fused-ring (bicyclic) bond motifs is 1. The van der Waals surface area contributed by atoms with Gasteiger partial charge in [-0.15, -0.1) is 5.10 Å². The first-order valence-electron chi connectivity index (χ1n) is 7.26. The molecule has 2 aromatic heterocycles. The molecule has 2 aromatic carbocycles. The number of rotatable bonds is 3. The van der Waals surface area contributed by atoms with E-state index in [4.69, 9.17) is 5.73 Å². The summed E-state index contributed by atoms with van der Waals surface area (Å²) in [6.07, 6.45) is 1.15. The summed E-state index contributed by atoms with van der Waals surface area (Å²) in [6, 6.07) is 10.5. The molecule has 9 nitrogen and oxygen atoms in total. The predicted octanol–water partition coefficient (Wildman–Crippen LogP) is 1.40. The molecule has 0 aliphatic rings. The Morgan fingerprint density at radius 3 is 2.68 bits per heavy atom. The van der Waals surface area contributed by atoms with Crippen molar-refractivity contribution in [3.05, 3.63) is 36.4 Å². The zero-order valence-corrected chi connectivity index (χ0v) is 13.9. The van der Waals surface area contributed by atoms with Crippen LogP contribution in [0.5, 0.6) is 0 Å². The number of nitrogen functional groups attached to an aromatic ring is 1. The van der Waals surface area contributed by atoms with Crippen LogP contribution >= 0.6 is 0 Å². The first kappa shape index (κ1) is 15.3. The van der Waals surface area contributed by atoms with Gasteiger partial charge in [0, 0.05) is 17.2 Å². The Labute approximate surface area is 142 Å². The average molecular weight is 355 g/mol. The van der Waals surface area contributed by atoms with E-state index >= 15 is 0 Å². The molecule has 4 aromatic rings. The van der Waals surface area contributed by atoms with Crippen LogP contribution in [0.15, 0.2) is 41.3 Å². The Kier molecular flexibility index (Phi) is 3.29. The van der Waals surface area contributed by atoms with Crippen molar-refractivity contribution in [1.82, 2.24) is 30.8 Å². The molecular weight excluding hydrogens is 342 g/mol. The number of nitrogens with one attached hydrogen (secondary N) is 2. The van der Waals surface area contributed by atoms with Crippen molar-refractivity contribution in [1.29, 1.82) is 0 Å². The van der Waals surface area contributed by atoms with Gasteiger partial charge in [0.2, 0.25) is 0 Å².